The highest BCUT2D eigenvalue weighted by molar-refractivity contribution is 5.97. The fraction of sp³-hybridized carbons (Fsp3) is 0.261. The maximum Gasteiger partial charge on any atom is 0.265 e. The van der Waals surface area contributed by atoms with Gasteiger partial charge in [-0.25, -0.2) is 9.37 Å². The normalized spacial score (nSPS) is 15.2. The van der Waals surface area contributed by atoms with Gasteiger partial charge in [0.25, 0.3) is 5.91 Å². The van der Waals surface area contributed by atoms with Gasteiger partial charge in [-0.2, -0.15) is 0 Å². The van der Waals surface area contributed by atoms with E-state index in [1.54, 1.807) is 55.5 Å². The standard InChI is InChI=1S/C23H22FN3O4/c1-26(2)23(29)20-14-27(17-5-3-4-6-18(17)30-20)22(28)12-11-21-25-13-19(31-21)15-7-9-16(24)10-8-15/h3-10,13,20H,11-12,14H2,1-2H3. The molecule has 1 unspecified atom stereocenters. The first-order valence-electron chi connectivity index (χ1n) is 9.90. The molecule has 160 valence electrons. The summed E-state index contributed by atoms with van der Waals surface area (Å²) in [7, 11) is 3.30. The topological polar surface area (TPSA) is 75.9 Å². The average Bonchev–Trinajstić information content (AvgIpc) is 3.25. The van der Waals surface area contributed by atoms with E-state index in [0.717, 1.165) is 0 Å². The molecule has 7 nitrogen and oxygen atoms in total. The number of aromatic nitrogens is 1. The molecule has 0 saturated heterocycles. The number of rotatable bonds is 5. The first-order chi connectivity index (χ1) is 14.9. The highest BCUT2D eigenvalue weighted by Gasteiger charge is 2.34. The Hall–Kier alpha value is -3.68. The molecule has 1 aliphatic rings. The Morgan fingerprint density at radius 2 is 1.90 bits per heavy atom. The number of fused-ring (bicyclic) bond motifs is 1. The van der Waals surface area contributed by atoms with Gasteiger partial charge in [0.2, 0.25) is 5.91 Å². The lowest BCUT2D eigenvalue weighted by Gasteiger charge is -2.35. The van der Waals surface area contributed by atoms with Gasteiger partial charge in [-0.1, -0.05) is 12.1 Å². The lowest BCUT2D eigenvalue weighted by atomic mass is 10.1. The lowest BCUT2D eigenvalue weighted by molar-refractivity contribution is -0.136. The molecule has 0 N–H and O–H groups in total. The van der Waals surface area contributed by atoms with Crippen LogP contribution in [0.3, 0.4) is 0 Å². The van der Waals surface area contributed by atoms with Crippen LogP contribution >= 0.6 is 0 Å². The van der Waals surface area contributed by atoms with Crippen LogP contribution in [0.2, 0.25) is 0 Å². The molecular weight excluding hydrogens is 401 g/mol. The molecule has 0 radical (unpaired) electrons. The first kappa shape index (κ1) is 20.6. The van der Waals surface area contributed by atoms with Gasteiger partial charge in [-0.15, -0.1) is 0 Å². The molecule has 4 rings (SSSR count). The minimum Gasteiger partial charge on any atom is -0.476 e. The predicted molar refractivity (Wildman–Crippen MR) is 112 cm³/mol. The molecular formula is C23H22FN3O4. The molecule has 8 heteroatoms. The Kier molecular flexibility index (Phi) is 5.70. The summed E-state index contributed by atoms with van der Waals surface area (Å²) < 4.78 is 24.6. The summed E-state index contributed by atoms with van der Waals surface area (Å²) in [6, 6.07) is 13.1. The fourth-order valence-electron chi connectivity index (χ4n) is 3.41. The number of carbonyl (C=O) groups is 2. The van der Waals surface area contributed by atoms with Crippen LogP contribution in [0.5, 0.6) is 5.75 Å². The molecule has 3 aromatic rings. The number of halogens is 1. The van der Waals surface area contributed by atoms with Crippen molar-refractivity contribution in [2.75, 3.05) is 25.5 Å². The minimum atomic E-state index is -0.763. The third-order valence-corrected chi connectivity index (χ3v) is 5.03. The number of hydrogen-bond donors (Lipinski definition) is 0. The van der Waals surface area contributed by atoms with Crippen LogP contribution in [-0.2, 0) is 16.0 Å². The zero-order chi connectivity index (χ0) is 22.0. The molecule has 0 saturated carbocycles. The maximum atomic E-state index is 13.1. The number of anilines is 1. The Labute approximate surface area is 179 Å². The first-order valence-corrected chi connectivity index (χ1v) is 9.90. The van der Waals surface area contributed by atoms with Crippen molar-refractivity contribution in [3.63, 3.8) is 0 Å². The minimum absolute atomic E-state index is 0.138. The molecule has 2 heterocycles. The van der Waals surface area contributed by atoms with Gasteiger partial charge in [-0.3, -0.25) is 9.59 Å². The van der Waals surface area contributed by atoms with E-state index in [9.17, 15) is 14.0 Å². The summed E-state index contributed by atoms with van der Waals surface area (Å²) in [6.45, 7) is 0.138. The van der Waals surface area contributed by atoms with Crippen molar-refractivity contribution in [1.29, 1.82) is 0 Å². The van der Waals surface area contributed by atoms with E-state index in [-0.39, 0.29) is 30.6 Å². The van der Waals surface area contributed by atoms with Crippen molar-refractivity contribution in [1.82, 2.24) is 9.88 Å². The second kappa shape index (κ2) is 8.59. The van der Waals surface area contributed by atoms with Crippen molar-refractivity contribution >= 4 is 17.5 Å². The molecule has 0 aliphatic carbocycles. The van der Waals surface area contributed by atoms with Gasteiger partial charge in [0.05, 0.1) is 18.4 Å². The summed E-state index contributed by atoms with van der Waals surface area (Å²) >= 11 is 0. The number of amides is 2. The zero-order valence-corrected chi connectivity index (χ0v) is 17.2. The largest absolute Gasteiger partial charge is 0.476 e. The SMILES string of the molecule is CN(C)C(=O)C1CN(C(=O)CCc2ncc(-c3ccc(F)cc3)o2)c2ccccc2O1. The number of likely N-dealkylation sites (N-methyl/N-ethyl adjacent to an activating group) is 1. The van der Waals surface area contributed by atoms with Crippen LogP contribution in [0.1, 0.15) is 12.3 Å². The van der Waals surface area contributed by atoms with Gasteiger partial charge in [0.15, 0.2) is 17.8 Å². The Morgan fingerprint density at radius 3 is 2.65 bits per heavy atom. The van der Waals surface area contributed by atoms with Gasteiger partial charge >= 0.3 is 0 Å². The van der Waals surface area contributed by atoms with Crippen molar-refractivity contribution in [2.24, 2.45) is 0 Å². The Balaban J connectivity index is 1.46. The van der Waals surface area contributed by atoms with E-state index in [1.165, 1.54) is 17.0 Å². The molecule has 1 aromatic heterocycles. The second-order valence-corrected chi connectivity index (χ2v) is 7.44. The monoisotopic (exact) mass is 423 g/mol. The average molecular weight is 423 g/mol. The summed E-state index contributed by atoms with van der Waals surface area (Å²) in [4.78, 5) is 32.7. The molecule has 0 fully saturated rings. The summed E-state index contributed by atoms with van der Waals surface area (Å²) in [5, 5.41) is 0. The maximum absolute atomic E-state index is 13.1. The zero-order valence-electron chi connectivity index (χ0n) is 17.2. The molecule has 1 aliphatic heterocycles. The number of para-hydroxylation sites is 2. The third kappa shape index (κ3) is 4.42. The van der Waals surface area contributed by atoms with Crippen LogP contribution in [-0.4, -0.2) is 48.4 Å². The number of benzene rings is 2. The van der Waals surface area contributed by atoms with Crippen LogP contribution in [0.25, 0.3) is 11.3 Å². The van der Waals surface area contributed by atoms with E-state index in [4.69, 9.17) is 9.15 Å². The highest BCUT2D eigenvalue weighted by atomic mass is 19.1. The quantitative estimate of drug-likeness (QED) is 0.630. The summed E-state index contributed by atoms with van der Waals surface area (Å²) in [5.74, 6) is 0.728. The third-order valence-electron chi connectivity index (χ3n) is 5.03. The Bertz CT molecular complexity index is 1090. The van der Waals surface area contributed by atoms with E-state index in [0.29, 0.717) is 35.1 Å². The van der Waals surface area contributed by atoms with Gasteiger partial charge in [0.1, 0.15) is 11.6 Å². The molecule has 2 aromatic carbocycles. The molecule has 0 spiro atoms. The van der Waals surface area contributed by atoms with Crippen molar-refractivity contribution in [3.8, 4) is 17.1 Å². The van der Waals surface area contributed by atoms with Crippen molar-refractivity contribution < 1.29 is 23.1 Å². The number of oxazole rings is 1. The number of aryl methyl sites for hydroxylation is 1. The second-order valence-electron chi connectivity index (χ2n) is 7.44. The summed E-state index contributed by atoms with van der Waals surface area (Å²) in [6.07, 6.45) is 1.25. The molecule has 1 atom stereocenters. The van der Waals surface area contributed by atoms with Crippen LogP contribution in [0.15, 0.2) is 59.1 Å². The number of hydrogen-bond acceptors (Lipinski definition) is 5. The van der Waals surface area contributed by atoms with Crippen LogP contribution in [0.4, 0.5) is 10.1 Å². The molecule has 31 heavy (non-hydrogen) atoms. The van der Waals surface area contributed by atoms with Crippen molar-refractivity contribution in [3.05, 3.63) is 66.4 Å². The van der Waals surface area contributed by atoms with E-state index in [2.05, 4.69) is 4.98 Å². The summed E-state index contributed by atoms with van der Waals surface area (Å²) in [5.41, 5.74) is 1.34. The number of carbonyl (C=O) groups excluding carboxylic acids is 2. The van der Waals surface area contributed by atoms with Gasteiger partial charge in [0, 0.05) is 32.5 Å². The smallest absolute Gasteiger partial charge is 0.265 e. The molecule has 2 amide bonds. The van der Waals surface area contributed by atoms with Crippen LogP contribution < -0.4 is 9.64 Å². The highest BCUT2D eigenvalue weighted by Crippen LogP contribution is 2.34. The van der Waals surface area contributed by atoms with Crippen molar-refractivity contribution in [2.45, 2.75) is 18.9 Å². The number of nitrogens with zero attached hydrogens (tertiary/aromatic N) is 3. The number of ether oxygens (including phenoxy) is 1. The van der Waals surface area contributed by atoms with Gasteiger partial charge < -0.3 is 19.0 Å². The van der Waals surface area contributed by atoms with E-state index >= 15 is 0 Å². The van der Waals surface area contributed by atoms with Gasteiger partial charge in [-0.05, 0) is 36.4 Å². The Morgan fingerprint density at radius 1 is 1.16 bits per heavy atom. The predicted octanol–water partition coefficient (Wildman–Crippen LogP) is 3.30. The molecule has 0 bridgehead atoms. The van der Waals surface area contributed by atoms with E-state index < -0.39 is 6.10 Å². The van der Waals surface area contributed by atoms with Crippen LogP contribution in [0, 0.1) is 5.82 Å². The van der Waals surface area contributed by atoms with E-state index in [1.807, 2.05) is 6.07 Å². The lowest BCUT2D eigenvalue weighted by Crippen LogP contribution is -2.50. The fourth-order valence-corrected chi connectivity index (χ4v) is 3.41.